The zero-order valence-corrected chi connectivity index (χ0v) is 18.0. The first-order valence-electron chi connectivity index (χ1n) is 11.4. The number of amides is 3. The second-order valence-electron chi connectivity index (χ2n) is 8.84. The molecule has 0 spiro atoms. The fourth-order valence-electron chi connectivity index (χ4n) is 5.15. The summed E-state index contributed by atoms with van der Waals surface area (Å²) in [6.07, 6.45) is 5.60. The van der Waals surface area contributed by atoms with Crippen molar-refractivity contribution in [2.75, 3.05) is 13.2 Å². The summed E-state index contributed by atoms with van der Waals surface area (Å²) >= 11 is 0. The van der Waals surface area contributed by atoms with Gasteiger partial charge in [-0.1, -0.05) is 31.0 Å². The van der Waals surface area contributed by atoms with Gasteiger partial charge >= 0.3 is 6.03 Å². The summed E-state index contributed by atoms with van der Waals surface area (Å²) in [6, 6.07) is 9.49. The molecule has 3 fully saturated rings. The van der Waals surface area contributed by atoms with Gasteiger partial charge < -0.3 is 14.1 Å². The topological polar surface area (TPSA) is 75.9 Å². The maximum atomic E-state index is 13.5. The number of ether oxygens (including phenoxy) is 1. The van der Waals surface area contributed by atoms with Gasteiger partial charge in [0, 0.05) is 18.2 Å². The smallest absolute Gasteiger partial charge is 0.327 e. The van der Waals surface area contributed by atoms with E-state index in [1.54, 1.807) is 0 Å². The number of carbonyl (C=O) groups excluding carboxylic acids is 2. The van der Waals surface area contributed by atoms with Gasteiger partial charge in [-0.15, -0.1) is 0 Å². The molecule has 1 aliphatic carbocycles. The Morgan fingerprint density at radius 3 is 2.65 bits per heavy atom. The average Bonchev–Trinajstić information content (AvgIpc) is 3.44. The van der Waals surface area contributed by atoms with Crippen LogP contribution in [0.2, 0.25) is 0 Å². The van der Waals surface area contributed by atoms with Gasteiger partial charge in [0.1, 0.15) is 11.5 Å². The fraction of sp³-hybridized carbons (Fsp3) is 0.542. The van der Waals surface area contributed by atoms with Gasteiger partial charge in [0.25, 0.3) is 0 Å². The molecule has 164 valence electrons. The highest BCUT2D eigenvalue weighted by Crippen LogP contribution is 2.36. The lowest BCUT2D eigenvalue weighted by Crippen LogP contribution is -2.63. The van der Waals surface area contributed by atoms with E-state index in [2.05, 4.69) is 0 Å². The first-order valence-corrected chi connectivity index (χ1v) is 11.4. The number of urea groups is 1. The number of nitrogens with zero attached hydrogens (tertiary/aromatic N) is 3. The third kappa shape index (κ3) is 3.87. The number of carbonyl (C=O) groups is 2. The molecular formula is C24H29N3O4. The highest BCUT2D eigenvalue weighted by atomic mass is 16.5. The molecule has 3 amide bonds. The second kappa shape index (κ2) is 8.46. The van der Waals surface area contributed by atoms with E-state index in [9.17, 15) is 9.59 Å². The molecule has 3 unspecified atom stereocenters. The highest BCUT2D eigenvalue weighted by Gasteiger charge is 2.47. The molecule has 2 saturated heterocycles. The first kappa shape index (κ1) is 20.2. The Hall–Kier alpha value is -2.67. The van der Waals surface area contributed by atoms with Crippen molar-refractivity contribution in [3.05, 3.63) is 41.8 Å². The third-order valence-electron chi connectivity index (χ3n) is 6.83. The number of rotatable bonds is 5. The van der Waals surface area contributed by atoms with Crippen LogP contribution in [0.1, 0.15) is 50.0 Å². The number of benzene rings is 1. The van der Waals surface area contributed by atoms with Crippen LogP contribution in [0, 0.1) is 12.8 Å². The zero-order valence-electron chi connectivity index (χ0n) is 18.0. The lowest BCUT2D eigenvalue weighted by molar-refractivity contribution is -0.142. The number of oxazole rings is 1. The van der Waals surface area contributed by atoms with Crippen molar-refractivity contribution in [2.24, 2.45) is 5.92 Å². The molecule has 3 heterocycles. The van der Waals surface area contributed by atoms with Gasteiger partial charge in [-0.05, 0) is 44.7 Å². The standard InChI is InChI=1S/C24H29N3O4/c1-16-20(25-22(31-16)17-8-3-2-4-9-17)15-26-21-12-6-5-11-19(21)23(28)27(24(26)29)14-18-10-7-13-30-18/h2-4,8-9,18-19,21H,5-7,10-15H2,1H3. The number of hydrogen-bond acceptors (Lipinski definition) is 5. The predicted octanol–water partition coefficient (Wildman–Crippen LogP) is 4.15. The van der Waals surface area contributed by atoms with Crippen molar-refractivity contribution < 1.29 is 18.7 Å². The van der Waals surface area contributed by atoms with Crippen molar-refractivity contribution in [1.29, 1.82) is 0 Å². The summed E-state index contributed by atoms with van der Waals surface area (Å²) in [5.74, 6) is 1.11. The molecule has 0 radical (unpaired) electrons. The summed E-state index contributed by atoms with van der Waals surface area (Å²) < 4.78 is 11.6. The van der Waals surface area contributed by atoms with Crippen molar-refractivity contribution in [3.8, 4) is 11.5 Å². The van der Waals surface area contributed by atoms with E-state index >= 15 is 0 Å². The lowest BCUT2D eigenvalue weighted by Gasteiger charge is -2.47. The van der Waals surface area contributed by atoms with Crippen LogP contribution in [0.5, 0.6) is 0 Å². The van der Waals surface area contributed by atoms with Crippen LogP contribution in [0.25, 0.3) is 11.5 Å². The summed E-state index contributed by atoms with van der Waals surface area (Å²) in [6.45, 7) is 3.30. The number of aromatic nitrogens is 1. The summed E-state index contributed by atoms with van der Waals surface area (Å²) in [5, 5.41) is 0. The molecule has 3 aliphatic rings. The monoisotopic (exact) mass is 423 g/mol. The van der Waals surface area contributed by atoms with E-state index in [-0.39, 0.29) is 30.0 Å². The molecule has 2 aromatic rings. The largest absolute Gasteiger partial charge is 0.441 e. The Bertz CT molecular complexity index is 951. The highest BCUT2D eigenvalue weighted by molar-refractivity contribution is 5.98. The minimum Gasteiger partial charge on any atom is -0.441 e. The molecule has 7 nitrogen and oxygen atoms in total. The van der Waals surface area contributed by atoms with E-state index in [0.29, 0.717) is 31.3 Å². The fourth-order valence-corrected chi connectivity index (χ4v) is 5.15. The van der Waals surface area contributed by atoms with Gasteiger partial charge in [-0.3, -0.25) is 9.69 Å². The Balaban J connectivity index is 1.41. The van der Waals surface area contributed by atoms with Crippen LogP contribution in [0.15, 0.2) is 34.7 Å². The molecule has 1 saturated carbocycles. The van der Waals surface area contributed by atoms with E-state index in [0.717, 1.165) is 49.8 Å². The van der Waals surface area contributed by atoms with Crippen molar-refractivity contribution in [1.82, 2.24) is 14.8 Å². The van der Waals surface area contributed by atoms with Crippen LogP contribution in [-0.4, -0.2) is 52.0 Å². The molecule has 1 aromatic carbocycles. The van der Waals surface area contributed by atoms with E-state index in [1.165, 1.54) is 4.90 Å². The molecule has 1 aromatic heterocycles. The van der Waals surface area contributed by atoms with Gasteiger partial charge in [-0.2, -0.15) is 0 Å². The Morgan fingerprint density at radius 1 is 1.06 bits per heavy atom. The van der Waals surface area contributed by atoms with E-state index < -0.39 is 0 Å². The van der Waals surface area contributed by atoms with Crippen molar-refractivity contribution in [3.63, 3.8) is 0 Å². The Kier molecular flexibility index (Phi) is 5.52. The third-order valence-corrected chi connectivity index (χ3v) is 6.83. The molecule has 3 atom stereocenters. The van der Waals surface area contributed by atoms with Crippen LogP contribution >= 0.6 is 0 Å². The van der Waals surface area contributed by atoms with Crippen LogP contribution in [0.4, 0.5) is 4.79 Å². The molecule has 5 rings (SSSR count). The summed E-state index contributed by atoms with van der Waals surface area (Å²) in [5.41, 5.74) is 1.66. The molecule has 0 bridgehead atoms. The first-order chi connectivity index (χ1) is 15.1. The molecule has 31 heavy (non-hydrogen) atoms. The summed E-state index contributed by atoms with van der Waals surface area (Å²) in [4.78, 5) is 34.7. The zero-order chi connectivity index (χ0) is 21.4. The van der Waals surface area contributed by atoms with Crippen LogP contribution < -0.4 is 0 Å². The minimum absolute atomic E-state index is 0.0247. The van der Waals surface area contributed by atoms with Gasteiger partial charge in [-0.25, -0.2) is 9.78 Å². The maximum absolute atomic E-state index is 13.5. The van der Waals surface area contributed by atoms with Gasteiger partial charge in [0.05, 0.1) is 25.1 Å². The number of imide groups is 1. The lowest BCUT2D eigenvalue weighted by atomic mass is 9.81. The second-order valence-corrected chi connectivity index (χ2v) is 8.84. The Labute approximate surface area is 182 Å². The number of fused-ring (bicyclic) bond motifs is 1. The minimum atomic E-state index is -0.215. The SMILES string of the molecule is Cc1oc(-c2ccccc2)nc1CN1C(=O)N(CC2CCCO2)C(=O)C2CCCCC21. The van der Waals surface area contributed by atoms with E-state index in [4.69, 9.17) is 14.1 Å². The number of aryl methyl sites for hydroxylation is 1. The number of hydrogen-bond donors (Lipinski definition) is 0. The summed E-state index contributed by atoms with van der Waals surface area (Å²) in [7, 11) is 0. The average molecular weight is 424 g/mol. The quantitative estimate of drug-likeness (QED) is 0.722. The maximum Gasteiger partial charge on any atom is 0.327 e. The Morgan fingerprint density at radius 2 is 1.87 bits per heavy atom. The van der Waals surface area contributed by atoms with E-state index in [1.807, 2.05) is 42.2 Å². The molecule has 7 heteroatoms. The van der Waals surface area contributed by atoms with Crippen molar-refractivity contribution >= 4 is 11.9 Å². The normalized spacial score (nSPS) is 26.4. The van der Waals surface area contributed by atoms with Gasteiger partial charge in [0.2, 0.25) is 11.8 Å². The molecule has 2 aliphatic heterocycles. The molecular weight excluding hydrogens is 394 g/mol. The van der Waals surface area contributed by atoms with Crippen LogP contribution in [-0.2, 0) is 16.1 Å². The molecule has 0 N–H and O–H groups in total. The van der Waals surface area contributed by atoms with Crippen LogP contribution in [0.3, 0.4) is 0 Å². The predicted molar refractivity (Wildman–Crippen MR) is 114 cm³/mol. The van der Waals surface area contributed by atoms with Gasteiger partial charge in [0.15, 0.2) is 0 Å². The van der Waals surface area contributed by atoms with Crippen molar-refractivity contribution in [2.45, 2.75) is 64.1 Å².